The molecule has 1 aliphatic rings. The molecule has 13 heavy (non-hydrogen) atoms. The van der Waals surface area contributed by atoms with E-state index in [9.17, 15) is 5.11 Å². The molecule has 1 heterocycles. The lowest BCUT2D eigenvalue weighted by Gasteiger charge is -2.25. The zero-order valence-corrected chi connectivity index (χ0v) is 7.88. The van der Waals surface area contributed by atoms with Crippen molar-refractivity contribution in [3.63, 3.8) is 0 Å². The van der Waals surface area contributed by atoms with Gasteiger partial charge in [0.2, 0.25) is 0 Å². The quantitative estimate of drug-likeness (QED) is 0.686. The first-order valence-corrected chi connectivity index (χ1v) is 4.76. The second-order valence-corrected chi connectivity index (χ2v) is 3.69. The molecule has 0 saturated heterocycles. The fraction of sp³-hybridized carbons (Fsp3) is 0.455. The smallest absolute Gasteiger partial charge is 0.0501 e. The van der Waals surface area contributed by atoms with Crippen LogP contribution >= 0.6 is 0 Å². The summed E-state index contributed by atoms with van der Waals surface area (Å²) in [6.07, 6.45) is 1.03. The van der Waals surface area contributed by atoms with Gasteiger partial charge >= 0.3 is 0 Å². The second-order valence-electron chi connectivity index (χ2n) is 3.69. The summed E-state index contributed by atoms with van der Waals surface area (Å²) in [4.78, 5) is 0. The number of anilines is 1. The van der Waals surface area contributed by atoms with Gasteiger partial charge in [0.25, 0.3) is 0 Å². The number of fused-ring (bicyclic) bond motifs is 1. The number of rotatable bonds is 1. The van der Waals surface area contributed by atoms with Crippen LogP contribution in [0, 0.1) is 6.92 Å². The molecule has 1 aromatic carbocycles. The standard InChI is InChI=1S/C11H15NO/c1-8-2-3-11-10(6-8)9(7-13)4-5-12-11/h2-3,6,9,12-13H,4-5,7H2,1H3. The minimum atomic E-state index is 0.262. The van der Waals surface area contributed by atoms with E-state index in [1.54, 1.807) is 0 Å². The van der Waals surface area contributed by atoms with Crippen LogP contribution in [-0.4, -0.2) is 18.3 Å². The topological polar surface area (TPSA) is 32.3 Å². The summed E-state index contributed by atoms with van der Waals surface area (Å²) in [5.74, 6) is 0.330. The van der Waals surface area contributed by atoms with Gasteiger partial charge in [-0.2, -0.15) is 0 Å². The maximum atomic E-state index is 9.20. The summed E-state index contributed by atoms with van der Waals surface area (Å²) in [5, 5.41) is 12.5. The average Bonchev–Trinajstić information content (AvgIpc) is 2.17. The number of hydrogen-bond acceptors (Lipinski definition) is 2. The summed E-state index contributed by atoms with van der Waals surface area (Å²) in [5.41, 5.74) is 3.73. The molecule has 0 spiro atoms. The van der Waals surface area contributed by atoms with Crippen LogP contribution in [0.25, 0.3) is 0 Å². The minimum Gasteiger partial charge on any atom is -0.396 e. The molecule has 0 aliphatic carbocycles. The van der Waals surface area contributed by atoms with Crippen molar-refractivity contribution in [1.82, 2.24) is 0 Å². The van der Waals surface area contributed by atoms with Gasteiger partial charge < -0.3 is 10.4 Å². The summed E-state index contributed by atoms with van der Waals surface area (Å²) < 4.78 is 0. The Labute approximate surface area is 78.6 Å². The maximum Gasteiger partial charge on any atom is 0.0501 e. The van der Waals surface area contributed by atoms with E-state index in [2.05, 4.69) is 30.4 Å². The van der Waals surface area contributed by atoms with Gasteiger partial charge in [-0.3, -0.25) is 0 Å². The van der Waals surface area contributed by atoms with Gasteiger partial charge in [0, 0.05) is 18.2 Å². The van der Waals surface area contributed by atoms with Gasteiger partial charge in [0.1, 0.15) is 0 Å². The highest BCUT2D eigenvalue weighted by Crippen LogP contribution is 2.31. The number of benzene rings is 1. The van der Waals surface area contributed by atoms with Gasteiger partial charge in [-0.25, -0.2) is 0 Å². The van der Waals surface area contributed by atoms with Crippen molar-refractivity contribution in [2.45, 2.75) is 19.3 Å². The second kappa shape index (κ2) is 3.38. The summed E-state index contributed by atoms with van der Waals surface area (Å²) in [6, 6.07) is 6.38. The van der Waals surface area contributed by atoms with E-state index in [4.69, 9.17) is 0 Å². The van der Waals surface area contributed by atoms with E-state index >= 15 is 0 Å². The Morgan fingerprint density at radius 1 is 1.54 bits per heavy atom. The van der Waals surface area contributed by atoms with Crippen LogP contribution in [0.3, 0.4) is 0 Å². The van der Waals surface area contributed by atoms with Gasteiger partial charge in [-0.15, -0.1) is 0 Å². The summed E-state index contributed by atoms with van der Waals surface area (Å²) in [7, 11) is 0. The van der Waals surface area contributed by atoms with E-state index < -0.39 is 0 Å². The van der Waals surface area contributed by atoms with Gasteiger partial charge in [-0.05, 0) is 25.0 Å². The number of aliphatic hydroxyl groups excluding tert-OH is 1. The molecule has 2 N–H and O–H groups in total. The zero-order chi connectivity index (χ0) is 9.26. The normalized spacial score (nSPS) is 20.6. The van der Waals surface area contributed by atoms with Crippen LogP contribution in [-0.2, 0) is 0 Å². The summed E-state index contributed by atoms with van der Waals surface area (Å²) in [6.45, 7) is 3.32. The highest BCUT2D eigenvalue weighted by Gasteiger charge is 2.18. The third kappa shape index (κ3) is 1.54. The van der Waals surface area contributed by atoms with Crippen LogP contribution in [0.15, 0.2) is 18.2 Å². The predicted octanol–water partition coefficient (Wildman–Crippen LogP) is 1.89. The zero-order valence-electron chi connectivity index (χ0n) is 7.88. The lowest BCUT2D eigenvalue weighted by Crippen LogP contribution is -2.19. The van der Waals surface area contributed by atoms with Gasteiger partial charge in [0.05, 0.1) is 6.61 Å². The first-order valence-electron chi connectivity index (χ1n) is 4.76. The molecule has 1 unspecified atom stereocenters. The molecule has 0 aromatic heterocycles. The first-order chi connectivity index (χ1) is 6.31. The Morgan fingerprint density at radius 3 is 3.15 bits per heavy atom. The van der Waals surface area contributed by atoms with Gasteiger partial charge in [0.15, 0.2) is 0 Å². The average molecular weight is 177 g/mol. The van der Waals surface area contributed by atoms with Crippen molar-refractivity contribution >= 4 is 5.69 Å². The molecular weight excluding hydrogens is 162 g/mol. The molecule has 2 nitrogen and oxygen atoms in total. The van der Waals surface area contributed by atoms with Crippen LogP contribution in [0.2, 0.25) is 0 Å². The molecule has 1 atom stereocenters. The van der Waals surface area contributed by atoms with Crippen LogP contribution in [0.5, 0.6) is 0 Å². The number of nitrogens with one attached hydrogen (secondary N) is 1. The number of aryl methyl sites for hydroxylation is 1. The van der Waals surface area contributed by atoms with Crippen molar-refractivity contribution in [3.8, 4) is 0 Å². The Morgan fingerprint density at radius 2 is 2.38 bits per heavy atom. The van der Waals surface area contributed by atoms with Crippen LogP contribution in [0.4, 0.5) is 5.69 Å². The van der Waals surface area contributed by atoms with Crippen molar-refractivity contribution in [2.75, 3.05) is 18.5 Å². The van der Waals surface area contributed by atoms with E-state index in [0.29, 0.717) is 5.92 Å². The van der Waals surface area contributed by atoms with E-state index in [1.807, 2.05) is 0 Å². The molecule has 2 rings (SSSR count). The van der Waals surface area contributed by atoms with E-state index in [1.165, 1.54) is 16.8 Å². The molecule has 70 valence electrons. The Hall–Kier alpha value is -1.02. The molecule has 1 aliphatic heterocycles. The Bertz CT molecular complexity index is 309. The molecule has 2 heteroatoms. The van der Waals surface area contributed by atoms with Crippen molar-refractivity contribution < 1.29 is 5.11 Å². The van der Waals surface area contributed by atoms with Crippen molar-refractivity contribution in [1.29, 1.82) is 0 Å². The molecule has 0 fully saturated rings. The predicted molar refractivity (Wildman–Crippen MR) is 54.1 cm³/mol. The van der Waals surface area contributed by atoms with Crippen molar-refractivity contribution in [2.24, 2.45) is 0 Å². The highest BCUT2D eigenvalue weighted by molar-refractivity contribution is 5.56. The van der Waals surface area contributed by atoms with Crippen molar-refractivity contribution in [3.05, 3.63) is 29.3 Å². The maximum absolute atomic E-state index is 9.20. The van der Waals surface area contributed by atoms with Crippen LogP contribution < -0.4 is 5.32 Å². The SMILES string of the molecule is Cc1ccc2c(c1)C(CO)CCN2. The Kier molecular flexibility index (Phi) is 2.23. The molecule has 1 aromatic rings. The number of hydrogen-bond donors (Lipinski definition) is 2. The third-order valence-corrected chi connectivity index (χ3v) is 2.68. The lowest BCUT2D eigenvalue weighted by molar-refractivity contribution is 0.259. The number of aliphatic hydroxyl groups is 1. The lowest BCUT2D eigenvalue weighted by atomic mass is 9.91. The molecular formula is C11H15NO. The summed E-state index contributed by atoms with van der Waals surface area (Å²) >= 11 is 0. The minimum absolute atomic E-state index is 0.262. The fourth-order valence-corrected chi connectivity index (χ4v) is 1.91. The monoisotopic (exact) mass is 177 g/mol. The highest BCUT2D eigenvalue weighted by atomic mass is 16.3. The van der Waals surface area contributed by atoms with Gasteiger partial charge in [-0.1, -0.05) is 17.7 Å². The van der Waals surface area contributed by atoms with E-state index in [-0.39, 0.29) is 6.61 Å². The Balaban J connectivity index is 2.41. The molecule has 0 saturated carbocycles. The van der Waals surface area contributed by atoms with E-state index in [0.717, 1.165) is 13.0 Å². The third-order valence-electron chi connectivity index (χ3n) is 2.68. The van der Waals surface area contributed by atoms with Crippen LogP contribution in [0.1, 0.15) is 23.5 Å². The molecule has 0 bridgehead atoms. The molecule has 0 radical (unpaired) electrons. The molecule has 0 amide bonds. The first kappa shape index (κ1) is 8.57. The fourth-order valence-electron chi connectivity index (χ4n) is 1.91. The largest absolute Gasteiger partial charge is 0.396 e.